The maximum atomic E-state index is 5.56. The van der Waals surface area contributed by atoms with E-state index in [2.05, 4.69) is 40.3 Å². The fourth-order valence-corrected chi connectivity index (χ4v) is 4.43. The Kier molecular flexibility index (Phi) is 4.04. The van der Waals surface area contributed by atoms with Gasteiger partial charge in [-0.2, -0.15) is 0 Å². The van der Waals surface area contributed by atoms with Crippen LogP contribution in [0.2, 0.25) is 0 Å². The number of anilines is 3. The van der Waals surface area contributed by atoms with Crippen LogP contribution in [0.1, 0.15) is 42.7 Å². The SMILES string of the molecule is Cc1ccnc(Nc2cc(C3CCOCC3)cc(N3CCC4CC43)n2)c1. The lowest BCUT2D eigenvalue weighted by Gasteiger charge is -2.26. The number of aryl methyl sites for hydroxylation is 1. The Balaban J connectivity index is 1.48. The van der Waals surface area contributed by atoms with Crippen molar-refractivity contribution in [3.63, 3.8) is 0 Å². The maximum Gasteiger partial charge on any atom is 0.134 e. The Labute approximate surface area is 154 Å². The van der Waals surface area contributed by atoms with Gasteiger partial charge < -0.3 is 15.0 Å². The summed E-state index contributed by atoms with van der Waals surface area (Å²) in [5, 5.41) is 3.44. The lowest BCUT2D eigenvalue weighted by atomic mass is 9.92. The van der Waals surface area contributed by atoms with E-state index in [1.165, 1.54) is 24.0 Å². The van der Waals surface area contributed by atoms with Crippen LogP contribution in [0.4, 0.5) is 17.5 Å². The summed E-state index contributed by atoms with van der Waals surface area (Å²) in [7, 11) is 0. The third-order valence-corrected chi connectivity index (χ3v) is 6.02. The van der Waals surface area contributed by atoms with Crippen LogP contribution in [0.5, 0.6) is 0 Å². The van der Waals surface area contributed by atoms with Crippen molar-refractivity contribution in [3.8, 4) is 0 Å². The molecule has 0 spiro atoms. The normalized spacial score (nSPS) is 25.2. The lowest BCUT2D eigenvalue weighted by Crippen LogP contribution is -2.24. The molecule has 1 aliphatic carbocycles. The molecule has 0 aromatic carbocycles. The van der Waals surface area contributed by atoms with Crippen LogP contribution in [0.15, 0.2) is 30.5 Å². The number of nitrogens with one attached hydrogen (secondary N) is 1. The average molecular weight is 350 g/mol. The van der Waals surface area contributed by atoms with Crippen molar-refractivity contribution in [2.24, 2.45) is 5.92 Å². The van der Waals surface area contributed by atoms with Crippen LogP contribution in [0, 0.1) is 12.8 Å². The Morgan fingerprint density at radius 1 is 1.12 bits per heavy atom. The Morgan fingerprint density at radius 3 is 2.73 bits per heavy atom. The molecular formula is C21H26N4O. The molecule has 2 aliphatic heterocycles. The molecule has 0 radical (unpaired) electrons. The van der Waals surface area contributed by atoms with E-state index in [1.807, 2.05) is 12.3 Å². The highest BCUT2D eigenvalue weighted by molar-refractivity contribution is 5.59. The van der Waals surface area contributed by atoms with Crippen molar-refractivity contribution in [1.29, 1.82) is 0 Å². The highest BCUT2D eigenvalue weighted by Gasteiger charge is 2.47. The van der Waals surface area contributed by atoms with Gasteiger partial charge in [0.25, 0.3) is 0 Å². The Hall–Kier alpha value is -2.14. The van der Waals surface area contributed by atoms with Crippen molar-refractivity contribution in [3.05, 3.63) is 41.6 Å². The Bertz CT molecular complexity index is 802. The fourth-order valence-electron chi connectivity index (χ4n) is 4.43. The predicted molar refractivity (Wildman–Crippen MR) is 103 cm³/mol. The summed E-state index contributed by atoms with van der Waals surface area (Å²) < 4.78 is 5.56. The average Bonchev–Trinajstić information content (AvgIpc) is 3.32. The summed E-state index contributed by atoms with van der Waals surface area (Å²) in [6.45, 7) is 4.95. The predicted octanol–water partition coefficient (Wildman–Crippen LogP) is 4.02. The summed E-state index contributed by atoms with van der Waals surface area (Å²) in [6, 6.07) is 9.34. The molecule has 0 bridgehead atoms. The standard InChI is InChI=1S/C21H26N4O/c1-14-2-6-22-19(10-14)23-20-12-17(15-4-8-26-9-5-15)13-21(24-20)25-7-3-16-11-18(16)25/h2,6,10,12-13,15-16,18H,3-5,7-9,11H2,1H3,(H,22,23,24). The van der Waals surface area contributed by atoms with Crippen molar-refractivity contribution in [2.45, 2.75) is 44.6 Å². The molecule has 4 heterocycles. The molecule has 3 aliphatic rings. The Morgan fingerprint density at radius 2 is 2.00 bits per heavy atom. The van der Waals surface area contributed by atoms with E-state index in [1.54, 1.807) is 0 Å². The molecule has 2 aromatic heterocycles. The van der Waals surface area contributed by atoms with E-state index in [-0.39, 0.29) is 0 Å². The number of ether oxygens (including phenoxy) is 1. The zero-order valence-corrected chi connectivity index (χ0v) is 15.3. The molecule has 2 unspecified atom stereocenters. The summed E-state index contributed by atoms with van der Waals surface area (Å²) in [5.41, 5.74) is 2.58. The molecule has 1 saturated carbocycles. The molecule has 3 fully saturated rings. The fraction of sp³-hybridized carbons (Fsp3) is 0.524. The number of fused-ring (bicyclic) bond motifs is 1. The number of pyridine rings is 2. The number of rotatable bonds is 4. The smallest absolute Gasteiger partial charge is 0.134 e. The van der Waals surface area contributed by atoms with Gasteiger partial charge in [-0.3, -0.25) is 0 Å². The number of hydrogen-bond donors (Lipinski definition) is 1. The van der Waals surface area contributed by atoms with Gasteiger partial charge >= 0.3 is 0 Å². The minimum absolute atomic E-state index is 0.564. The molecule has 1 N–H and O–H groups in total. The van der Waals surface area contributed by atoms with Crippen LogP contribution >= 0.6 is 0 Å². The first-order valence-electron chi connectivity index (χ1n) is 9.82. The minimum atomic E-state index is 0.564. The third-order valence-electron chi connectivity index (χ3n) is 6.02. The van der Waals surface area contributed by atoms with Crippen LogP contribution in [-0.2, 0) is 4.74 Å². The topological polar surface area (TPSA) is 50.3 Å². The van der Waals surface area contributed by atoms with E-state index in [0.717, 1.165) is 62.0 Å². The van der Waals surface area contributed by atoms with Gasteiger partial charge in [0.1, 0.15) is 17.5 Å². The monoisotopic (exact) mass is 350 g/mol. The molecule has 2 atom stereocenters. The summed E-state index contributed by atoms with van der Waals surface area (Å²) in [4.78, 5) is 11.9. The van der Waals surface area contributed by atoms with Crippen LogP contribution in [0.3, 0.4) is 0 Å². The lowest BCUT2D eigenvalue weighted by molar-refractivity contribution is 0.0853. The number of hydrogen-bond acceptors (Lipinski definition) is 5. The van der Waals surface area contributed by atoms with E-state index in [9.17, 15) is 0 Å². The summed E-state index contributed by atoms with van der Waals surface area (Å²) in [6.07, 6.45) is 6.69. The highest BCUT2D eigenvalue weighted by Crippen LogP contribution is 2.46. The third kappa shape index (κ3) is 3.16. The van der Waals surface area contributed by atoms with Gasteiger partial charge in [-0.25, -0.2) is 9.97 Å². The first kappa shape index (κ1) is 16.1. The molecular weight excluding hydrogens is 324 g/mol. The largest absolute Gasteiger partial charge is 0.381 e. The van der Waals surface area contributed by atoms with E-state index >= 15 is 0 Å². The van der Waals surface area contributed by atoms with Crippen molar-refractivity contribution < 1.29 is 4.74 Å². The second-order valence-corrected chi connectivity index (χ2v) is 7.92. The zero-order valence-electron chi connectivity index (χ0n) is 15.3. The molecule has 0 amide bonds. The van der Waals surface area contributed by atoms with Crippen molar-refractivity contribution >= 4 is 17.5 Å². The summed E-state index contributed by atoms with van der Waals surface area (Å²) >= 11 is 0. The van der Waals surface area contributed by atoms with Gasteiger partial charge in [0.2, 0.25) is 0 Å². The van der Waals surface area contributed by atoms with Crippen molar-refractivity contribution in [1.82, 2.24) is 9.97 Å². The quantitative estimate of drug-likeness (QED) is 0.902. The molecule has 26 heavy (non-hydrogen) atoms. The first-order valence-corrected chi connectivity index (χ1v) is 9.82. The number of piperidine rings is 1. The summed E-state index contributed by atoms with van der Waals surface area (Å²) in [5.74, 6) is 4.37. The van der Waals surface area contributed by atoms with Crippen LogP contribution < -0.4 is 10.2 Å². The maximum absolute atomic E-state index is 5.56. The van der Waals surface area contributed by atoms with Gasteiger partial charge in [0.05, 0.1) is 0 Å². The van der Waals surface area contributed by atoms with E-state index < -0.39 is 0 Å². The van der Waals surface area contributed by atoms with Gasteiger partial charge in [-0.1, -0.05) is 0 Å². The van der Waals surface area contributed by atoms with Gasteiger partial charge in [-0.15, -0.1) is 0 Å². The molecule has 2 aromatic rings. The van der Waals surface area contributed by atoms with Crippen molar-refractivity contribution in [2.75, 3.05) is 30.0 Å². The van der Waals surface area contributed by atoms with Crippen LogP contribution in [0.25, 0.3) is 0 Å². The number of nitrogens with zero attached hydrogens (tertiary/aromatic N) is 3. The van der Waals surface area contributed by atoms with Gasteiger partial charge in [-0.05, 0) is 79.8 Å². The highest BCUT2D eigenvalue weighted by atomic mass is 16.5. The van der Waals surface area contributed by atoms with E-state index in [4.69, 9.17) is 9.72 Å². The van der Waals surface area contributed by atoms with E-state index in [0.29, 0.717) is 5.92 Å². The minimum Gasteiger partial charge on any atom is -0.381 e. The molecule has 5 heteroatoms. The molecule has 2 saturated heterocycles. The van der Waals surface area contributed by atoms with Crippen LogP contribution in [-0.4, -0.2) is 35.8 Å². The van der Waals surface area contributed by atoms with Gasteiger partial charge in [0.15, 0.2) is 0 Å². The zero-order chi connectivity index (χ0) is 17.5. The van der Waals surface area contributed by atoms with Gasteiger partial charge in [0, 0.05) is 32.0 Å². The molecule has 5 nitrogen and oxygen atoms in total. The molecule has 136 valence electrons. The second kappa shape index (κ2) is 6.54. The molecule has 5 rings (SSSR count). The first-order chi connectivity index (χ1) is 12.8. The number of aromatic nitrogens is 2. The second-order valence-electron chi connectivity index (χ2n) is 7.92.